The predicted molar refractivity (Wildman–Crippen MR) is 104 cm³/mol. The smallest absolute Gasteiger partial charge is 0.265 e. The van der Waals surface area contributed by atoms with Crippen LogP contribution < -0.4 is 0 Å². The first-order chi connectivity index (χ1) is 12.2. The minimum absolute atomic E-state index is 0.0872. The lowest BCUT2D eigenvalue weighted by Gasteiger charge is -2.11. The van der Waals surface area contributed by atoms with Crippen molar-refractivity contribution in [1.82, 2.24) is 4.98 Å². The molecular weight excluding hydrogens is 348 g/mol. The number of hydrogen-bond acceptors (Lipinski definition) is 5. The van der Waals surface area contributed by atoms with Crippen molar-refractivity contribution < 1.29 is 12.7 Å². The van der Waals surface area contributed by atoms with Crippen LogP contribution in [-0.4, -0.2) is 19.6 Å². The summed E-state index contributed by atoms with van der Waals surface area (Å²) in [5, 5.41) is 3.71. The van der Waals surface area contributed by atoms with Gasteiger partial charge in [0.05, 0.1) is 6.21 Å². The molecule has 0 spiro atoms. The van der Waals surface area contributed by atoms with Crippen LogP contribution in [-0.2, 0) is 20.8 Å². The van der Waals surface area contributed by atoms with Gasteiger partial charge in [0.1, 0.15) is 4.90 Å². The molecule has 1 aromatic carbocycles. The van der Waals surface area contributed by atoms with Crippen molar-refractivity contribution in [1.29, 1.82) is 0 Å². The number of oxime groups is 1. The van der Waals surface area contributed by atoms with Crippen molar-refractivity contribution in [2.45, 2.75) is 51.9 Å². The van der Waals surface area contributed by atoms with E-state index in [2.05, 4.69) is 24.0 Å². The third-order valence-electron chi connectivity index (χ3n) is 3.91. The molecule has 2 rings (SSSR count). The molecule has 1 heterocycles. The molecule has 0 aliphatic heterocycles. The van der Waals surface area contributed by atoms with E-state index in [0.29, 0.717) is 5.92 Å². The molecule has 0 aliphatic rings. The van der Waals surface area contributed by atoms with Gasteiger partial charge in [-0.25, -0.2) is 0 Å². The lowest BCUT2D eigenvalue weighted by atomic mass is 9.99. The van der Waals surface area contributed by atoms with E-state index in [1.807, 2.05) is 32.9 Å². The Bertz CT molecular complexity index is 872. The largest absolute Gasteiger partial charge is 0.358 e. The number of aryl methyl sites for hydroxylation is 2. The van der Waals surface area contributed by atoms with Crippen LogP contribution in [0.15, 0.2) is 46.4 Å². The van der Waals surface area contributed by atoms with Gasteiger partial charge in [-0.2, -0.15) is 8.42 Å². The Morgan fingerprint density at radius 2 is 1.77 bits per heavy atom. The fourth-order valence-electron chi connectivity index (χ4n) is 2.56. The molecule has 1 unspecified atom stereocenters. The van der Waals surface area contributed by atoms with Crippen LogP contribution in [0.25, 0.3) is 0 Å². The zero-order chi connectivity index (χ0) is 19.3. The van der Waals surface area contributed by atoms with E-state index in [4.69, 9.17) is 4.28 Å². The van der Waals surface area contributed by atoms with E-state index >= 15 is 0 Å². The quantitative estimate of drug-likeness (QED) is 0.532. The van der Waals surface area contributed by atoms with Crippen molar-refractivity contribution in [3.63, 3.8) is 0 Å². The number of pyridine rings is 1. The summed E-state index contributed by atoms with van der Waals surface area (Å²) in [5.74, 6) is 0.430. The minimum Gasteiger partial charge on any atom is -0.265 e. The topological polar surface area (TPSA) is 68.6 Å². The lowest BCUT2D eigenvalue weighted by molar-refractivity contribution is 0.339. The van der Waals surface area contributed by atoms with E-state index in [1.165, 1.54) is 18.3 Å². The van der Waals surface area contributed by atoms with E-state index in [9.17, 15) is 8.42 Å². The molecule has 6 heteroatoms. The van der Waals surface area contributed by atoms with Gasteiger partial charge >= 0.3 is 10.1 Å². The molecule has 1 atom stereocenters. The van der Waals surface area contributed by atoms with Gasteiger partial charge in [-0.1, -0.05) is 43.6 Å². The van der Waals surface area contributed by atoms with Crippen LogP contribution in [0, 0.1) is 19.8 Å². The molecule has 0 saturated heterocycles. The van der Waals surface area contributed by atoms with Crippen molar-refractivity contribution in [2.24, 2.45) is 11.1 Å². The fraction of sp³-hybridized carbons (Fsp3) is 0.400. The van der Waals surface area contributed by atoms with Crippen LogP contribution >= 0.6 is 0 Å². The molecule has 1 aromatic heterocycles. The van der Waals surface area contributed by atoms with E-state index < -0.39 is 10.1 Å². The normalized spacial score (nSPS) is 13.3. The van der Waals surface area contributed by atoms with Gasteiger partial charge < -0.3 is 0 Å². The Morgan fingerprint density at radius 1 is 1.12 bits per heavy atom. The Balaban J connectivity index is 2.10. The van der Waals surface area contributed by atoms with E-state index in [1.54, 1.807) is 12.1 Å². The maximum absolute atomic E-state index is 12.1. The average molecular weight is 375 g/mol. The van der Waals surface area contributed by atoms with Crippen molar-refractivity contribution >= 4 is 16.3 Å². The molecule has 0 radical (unpaired) electrons. The molecule has 0 saturated carbocycles. The summed E-state index contributed by atoms with van der Waals surface area (Å²) in [7, 11) is -3.90. The monoisotopic (exact) mass is 374 g/mol. The van der Waals surface area contributed by atoms with Gasteiger partial charge in [0, 0.05) is 17.3 Å². The Hall–Kier alpha value is -2.21. The van der Waals surface area contributed by atoms with Gasteiger partial charge in [-0.15, -0.1) is 0 Å². The van der Waals surface area contributed by atoms with Gasteiger partial charge in [0.2, 0.25) is 0 Å². The second-order valence-corrected chi connectivity index (χ2v) is 8.54. The summed E-state index contributed by atoms with van der Waals surface area (Å²) in [5.41, 5.74) is 3.98. The van der Waals surface area contributed by atoms with Crippen molar-refractivity contribution in [3.05, 3.63) is 58.9 Å². The molecule has 0 aliphatic carbocycles. The van der Waals surface area contributed by atoms with E-state index in [-0.39, 0.29) is 10.8 Å². The van der Waals surface area contributed by atoms with Crippen LogP contribution in [0.4, 0.5) is 0 Å². The zero-order valence-corrected chi connectivity index (χ0v) is 16.7. The first-order valence-electron chi connectivity index (χ1n) is 8.68. The maximum atomic E-state index is 12.1. The molecule has 2 aromatic rings. The van der Waals surface area contributed by atoms with Gasteiger partial charge in [-0.05, 0) is 56.0 Å². The summed E-state index contributed by atoms with van der Waals surface area (Å²) in [4.78, 5) is 4.64. The van der Waals surface area contributed by atoms with Crippen molar-refractivity contribution in [2.75, 3.05) is 0 Å². The highest BCUT2D eigenvalue weighted by molar-refractivity contribution is 7.86. The van der Waals surface area contributed by atoms with Crippen molar-refractivity contribution in [3.8, 4) is 0 Å². The number of hydrogen-bond donors (Lipinski definition) is 0. The average Bonchev–Trinajstić information content (AvgIpc) is 2.53. The minimum atomic E-state index is -3.90. The highest BCUT2D eigenvalue weighted by Gasteiger charge is 2.15. The molecular formula is C20H26N2O3S. The molecule has 26 heavy (non-hydrogen) atoms. The Labute approximate surface area is 156 Å². The molecule has 140 valence electrons. The van der Waals surface area contributed by atoms with Crippen LogP contribution in [0.2, 0.25) is 0 Å². The van der Waals surface area contributed by atoms with Gasteiger partial charge in [0.25, 0.3) is 0 Å². The predicted octanol–water partition coefficient (Wildman–Crippen LogP) is 4.39. The number of nitrogens with zero attached hydrogens (tertiary/aromatic N) is 2. The second-order valence-electron chi connectivity index (χ2n) is 7.02. The van der Waals surface area contributed by atoms with Crippen LogP contribution in [0.1, 0.15) is 49.2 Å². The molecule has 0 bridgehead atoms. The molecule has 0 fully saturated rings. The molecule has 5 nitrogen and oxygen atoms in total. The summed E-state index contributed by atoms with van der Waals surface area (Å²) < 4.78 is 29.1. The van der Waals surface area contributed by atoms with Crippen LogP contribution in [0.3, 0.4) is 0 Å². The fourth-order valence-corrected chi connectivity index (χ4v) is 3.28. The second kappa shape index (κ2) is 8.45. The van der Waals surface area contributed by atoms with Crippen LogP contribution in [0.5, 0.6) is 0 Å². The highest BCUT2D eigenvalue weighted by atomic mass is 32.2. The summed E-state index contributed by atoms with van der Waals surface area (Å²) in [6.07, 6.45) is 2.40. The maximum Gasteiger partial charge on any atom is 0.358 e. The number of benzene rings is 1. The summed E-state index contributed by atoms with van der Waals surface area (Å²) in [6, 6.07) is 10.5. The first-order valence-corrected chi connectivity index (χ1v) is 10.1. The third kappa shape index (κ3) is 5.66. The Kier molecular flexibility index (Phi) is 6.53. The number of aromatic nitrogens is 1. The third-order valence-corrected chi connectivity index (χ3v) is 5.04. The first kappa shape index (κ1) is 20.1. The summed E-state index contributed by atoms with van der Waals surface area (Å²) in [6.45, 7) is 10.1. The van der Waals surface area contributed by atoms with E-state index in [0.717, 1.165) is 28.9 Å². The highest BCUT2D eigenvalue weighted by Crippen LogP contribution is 2.18. The Morgan fingerprint density at radius 3 is 2.38 bits per heavy atom. The van der Waals surface area contributed by atoms with Gasteiger partial charge in [0.15, 0.2) is 0 Å². The van der Waals surface area contributed by atoms with Gasteiger partial charge in [-0.3, -0.25) is 9.27 Å². The lowest BCUT2D eigenvalue weighted by Crippen LogP contribution is -2.05. The molecule has 0 amide bonds. The number of rotatable bonds is 7. The molecule has 0 N–H and O–H groups in total. The SMILES string of the molecule is Cc1ccc(S(=O)(=O)ON=CC(C)c2cc(C)nc(CC(C)C)c2)cc1. The zero-order valence-electron chi connectivity index (χ0n) is 15.9. The standard InChI is InChI=1S/C20H26N2O3S/c1-14(2)10-19-12-18(11-17(5)22-19)16(4)13-21-25-26(23,24)20-8-6-15(3)7-9-20/h6-9,11-14,16H,10H2,1-5H3. The summed E-state index contributed by atoms with van der Waals surface area (Å²) >= 11 is 0.